The highest BCUT2D eigenvalue weighted by atomic mass is 35.5. The molecule has 0 fully saturated rings. The van der Waals surface area contributed by atoms with Crippen LogP contribution in [0.25, 0.3) is 0 Å². The third-order valence-electron chi connectivity index (χ3n) is 3.91. The van der Waals surface area contributed by atoms with E-state index in [1.54, 1.807) is 23.1 Å². The summed E-state index contributed by atoms with van der Waals surface area (Å²) in [5.74, 6) is -0.172. The number of carbonyl (C=O) groups is 2. The lowest BCUT2D eigenvalue weighted by Crippen LogP contribution is -2.34. The highest BCUT2D eigenvalue weighted by molar-refractivity contribution is 6.33. The molecule has 0 aromatic heterocycles. The van der Waals surface area contributed by atoms with E-state index in [1.807, 2.05) is 24.3 Å². The first-order chi connectivity index (χ1) is 11.5. The van der Waals surface area contributed by atoms with Gasteiger partial charge in [-0.05, 0) is 36.2 Å². The number of amides is 2. The molecule has 3 rings (SSSR count). The van der Waals surface area contributed by atoms with Gasteiger partial charge in [-0.3, -0.25) is 9.59 Å². The normalized spacial score (nSPS) is 12.7. The lowest BCUT2D eigenvalue weighted by Gasteiger charge is -2.18. The average molecular weight is 344 g/mol. The largest absolute Gasteiger partial charge is 0.375 e. The van der Waals surface area contributed by atoms with Crippen molar-refractivity contribution in [2.24, 2.45) is 0 Å². The zero-order valence-corrected chi connectivity index (χ0v) is 14.1. The number of rotatable bonds is 4. The Kier molecular flexibility index (Phi) is 4.71. The molecule has 1 aliphatic heterocycles. The van der Waals surface area contributed by atoms with Gasteiger partial charge in [-0.2, -0.15) is 0 Å². The average Bonchev–Trinajstić information content (AvgIpc) is 2.98. The third kappa shape index (κ3) is 3.51. The van der Waals surface area contributed by atoms with Crippen molar-refractivity contribution in [1.82, 2.24) is 0 Å². The second kappa shape index (κ2) is 6.93. The second-order valence-electron chi connectivity index (χ2n) is 5.65. The Bertz CT molecular complexity index is 792. The van der Waals surface area contributed by atoms with Gasteiger partial charge in [-0.15, -0.1) is 0 Å². The van der Waals surface area contributed by atoms with Crippen LogP contribution in [0.15, 0.2) is 42.5 Å². The van der Waals surface area contributed by atoms with E-state index in [-0.39, 0.29) is 18.4 Å². The monoisotopic (exact) mass is 343 g/mol. The zero-order chi connectivity index (χ0) is 17.1. The van der Waals surface area contributed by atoms with Crippen molar-refractivity contribution in [3.8, 4) is 0 Å². The SMILES string of the molecule is CC(=O)Nc1ccc(Cl)c(NCC(=O)N2CCc3ccccc32)c1. The minimum Gasteiger partial charge on any atom is -0.375 e. The Morgan fingerprint density at radius 2 is 2.00 bits per heavy atom. The number of fused-ring (bicyclic) bond motifs is 1. The van der Waals surface area contributed by atoms with Gasteiger partial charge in [-0.25, -0.2) is 0 Å². The Morgan fingerprint density at radius 1 is 1.21 bits per heavy atom. The first-order valence-corrected chi connectivity index (χ1v) is 8.11. The number of anilines is 3. The predicted molar refractivity (Wildman–Crippen MR) is 96.7 cm³/mol. The van der Waals surface area contributed by atoms with Gasteiger partial charge in [0.1, 0.15) is 0 Å². The quantitative estimate of drug-likeness (QED) is 0.895. The minimum absolute atomic E-state index is 0.0130. The molecule has 2 amide bonds. The maximum Gasteiger partial charge on any atom is 0.246 e. The van der Waals surface area contributed by atoms with Crippen molar-refractivity contribution in [1.29, 1.82) is 0 Å². The van der Waals surface area contributed by atoms with E-state index in [0.717, 1.165) is 12.1 Å². The smallest absolute Gasteiger partial charge is 0.246 e. The zero-order valence-electron chi connectivity index (χ0n) is 13.3. The molecule has 2 aromatic rings. The van der Waals surface area contributed by atoms with Crippen LogP contribution >= 0.6 is 11.6 Å². The molecule has 124 valence electrons. The molecular weight excluding hydrogens is 326 g/mol. The van der Waals surface area contributed by atoms with Gasteiger partial charge in [-0.1, -0.05) is 29.8 Å². The summed E-state index contributed by atoms with van der Waals surface area (Å²) in [6.45, 7) is 2.27. The number of para-hydroxylation sites is 1. The lowest BCUT2D eigenvalue weighted by atomic mass is 10.2. The predicted octanol–water partition coefficient (Wildman–Crippen LogP) is 3.30. The number of benzene rings is 2. The first-order valence-electron chi connectivity index (χ1n) is 7.74. The molecule has 0 unspecified atom stereocenters. The molecule has 0 aliphatic carbocycles. The van der Waals surface area contributed by atoms with Gasteiger partial charge in [0, 0.05) is 24.8 Å². The highest BCUT2D eigenvalue weighted by Crippen LogP contribution is 2.28. The summed E-state index contributed by atoms with van der Waals surface area (Å²) < 4.78 is 0. The van der Waals surface area contributed by atoms with E-state index in [1.165, 1.54) is 12.5 Å². The molecule has 6 heteroatoms. The van der Waals surface area contributed by atoms with Crippen molar-refractivity contribution in [3.63, 3.8) is 0 Å². The highest BCUT2D eigenvalue weighted by Gasteiger charge is 2.23. The van der Waals surface area contributed by atoms with Crippen molar-refractivity contribution in [3.05, 3.63) is 53.1 Å². The first kappa shape index (κ1) is 16.3. The standard InChI is InChI=1S/C18H18ClN3O2/c1-12(23)21-14-6-7-15(19)16(10-14)20-11-18(24)22-9-8-13-4-2-3-5-17(13)22/h2-7,10,20H,8-9,11H2,1H3,(H,21,23). The molecule has 0 atom stereocenters. The Morgan fingerprint density at radius 3 is 2.79 bits per heavy atom. The van der Waals surface area contributed by atoms with E-state index < -0.39 is 0 Å². The molecule has 2 aromatic carbocycles. The van der Waals surface area contributed by atoms with Crippen LogP contribution in [0.2, 0.25) is 5.02 Å². The summed E-state index contributed by atoms with van der Waals surface area (Å²) in [5.41, 5.74) is 3.41. The molecule has 2 N–H and O–H groups in total. The van der Waals surface area contributed by atoms with Crippen LogP contribution in [0.1, 0.15) is 12.5 Å². The van der Waals surface area contributed by atoms with Crippen LogP contribution in [-0.2, 0) is 16.0 Å². The molecule has 1 aliphatic rings. The summed E-state index contributed by atoms with van der Waals surface area (Å²) in [7, 11) is 0. The molecule has 0 bridgehead atoms. The van der Waals surface area contributed by atoms with Crippen LogP contribution < -0.4 is 15.5 Å². The topological polar surface area (TPSA) is 61.4 Å². The number of halogens is 1. The van der Waals surface area contributed by atoms with E-state index in [2.05, 4.69) is 10.6 Å². The lowest BCUT2D eigenvalue weighted by molar-refractivity contribution is -0.117. The van der Waals surface area contributed by atoms with Gasteiger partial charge < -0.3 is 15.5 Å². The number of nitrogens with one attached hydrogen (secondary N) is 2. The van der Waals surface area contributed by atoms with Crippen molar-refractivity contribution < 1.29 is 9.59 Å². The number of hydrogen-bond donors (Lipinski definition) is 2. The second-order valence-corrected chi connectivity index (χ2v) is 6.06. The number of nitrogens with zero attached hydrogens (tertiary/aromatic N) is 1. The summed E-state index contributed by atoms with van der Waals surface area (Å²) in [5, 5.41) is 6.25. The van der Waals surface area contributed by atoms with E-state index in [4.69, 9.17) is 11.6 Å². The fourth-order valence-corrected chi connectivity index (χ4v) is 2.99. The van der Waals surface area contributed by atoms with Crippen molar-refractivity contribution >= 4 is 40.5 Å². The van der Waals surface area contributed by atoms with Gasteiger partial charge in [0.15, 0.2) is 0 Å². The molecule has 1 heterocycles. The van der Waals surface area contributed by atoms with Crippen molar-refractivity contribution in [2.45, 2.75) is 13.3 Å². The van der Waals surface area contributed by atoms with Crippen LogP contribution in [0, 0.1) is 0 Å². The number of carbonyl (C=O) groups excluding carboxylic acids is 2. The molecule has 24 heavy (non-hydrogen) atoms. The van der Waals surface area contributed by atoms with Crippen LogP contribution in [0.3, 0.4) is 0 Å². The number of hydrogen-bond acceptors (Lipinski definition) is 3. The molecule has 5 nitrogen and oxygen atoms in total. The van der Waals surface area contributed by atoms with Gasteiger partial charge in [0.25, 0.3) is 0 Å². The molecule has 0 spiro atoms. The van der Waals surface area contributed by atoms with E-state index in [9.17, 15) is 9.59 Å². The van der Waals surface area contributed by atoms with E-state index in [0.29, 0.717) is 22.9 Å². The molecule has 0 saturated carbocycles. The van der Waals surface area contributed by atoms with Crippen LogP contribution in [0.4, 0.5) is 17.1 Å². The van der Waals surface area contributed by atoms with Gasteiger partial charge >= 0.3 is 0 Å². The Labute approximate surface area is 145 Å². The van der Waals surface area contributed by atoms with Gasteiger partial charge in [0.05, 0.1) is 17.3 Å². The molecular formula is C18H18ClN3O2. The van der Waals surface area contributed by atoms with Crippen LogP contribution in [0.5, 0.6) is 0 Å². The Hall–Kier alpha value is -2.53. The summed E-state index contributed by atoms with van der Waals surface area (Å²) in [6.07, 6.45) is 0.876. The van der Waals surface area contributed by atoms with E-state index >= 15 is 0 Å². The van der Waals surface area contributed by atoms with Crippen molar-refractivity contribution in [2.75, 3.05) is 28.6 Å². The molecule has 0 radical (unpaired) electrons. The molecule has 0 saturated heterocycles. The summed E-state index contributed by atoms with van der Waals surface area (Å²) in [4.78, 5) is 25.4. The third-order valence-corrected chi connectivity index (χ3v) is 4.23. The fourth-order valence-electron chi connectivity index (χ4n) is 2.81. The minimum atomic E-state index is -0.159. The summed E-state index contributed by atoms with van der Waals surface area (Å²) >= 11 is 6.16. The fraction of sp³-hybridized carbons (Fsp3) is 0.222. The Balaban J connectivity index is 1.68. The maximum atomic E-state index is 12.5. The maximum absolute atomic E-state index is 12.5. The summed E-state index contributed by atoms with van der Waals surface area (Å²) in [6, 6.07) is 13.0. The van der Waals surface area contributed by atoms with Gasteiger partial charge in [0.2, 0.25) is 11.8 Å². The van der Waals surface area contributed by atoms with Crippen LogP contribution in [-0.4, -0.2) is 24.9 Å².